The molecule has 0 saturated heterocycles. The minimum absolute atomic E-state index is 0.132. The molecule has 3 nitrogen and oxygen atoms in total. The summed E-state index contributed by atoms with van der Waals surface area (Å²) in [5.41, 5.74) is 3.07. The molecule has 0 bridgehead atoms. The number of pyridine rings is 1. The highest BCUT2D eigenvalue weighted by atomic mass is 35.5. The summed E-state index contributed by atoms with van der Waals surface area (Å²) in [5.74, 6) is 0. The molecule has 0 amide bonds. The van der Waals surface area contributed by atoms with Crippen molar-refractivity contribution in [3.8, 4) is 0 Å². The Bertz CT molecular complexity index is 542. The van der Waals surface area contributed by atoms with E-state index >= 15 is 0 Å². The fraction of sp³-hybridized carbons (Fsp3) is 0.267. The lowest BCUT2D eigenvalue weighted by atomic mass is 10.1. The van der Waals surface area contributed by atoms with E-state index < -0.39 is 0 Å². The van der Waals surface area contributed by atoms with Gasteiger partial charge in [0.2, 0.25) is 0 Å². The minimum Gasteiger partial charge on any atom is -0.384 e. The largest absolute Gasteiger partial charge is 0.384 e. The Labute approximate surface area is 119 Å². The average Bonchev–Trinajstić information content (AvgIpc) is 2.40. The van der Waals surface area contributed by atoms with Crippen LogP contribution < -0.4 is 10.6 Å². The molecule has 0 aliphatic rings. The molecule has 0 radical (unpaired) electrons. The van der Waals surface area contributed by atoms with Gasteiger partial charge >= 0.3 is 0 Å². The van der Waals surface area contributed by atoms with Gasteiger partial charge in [0.1, 0.15) is 0 Å². The number of nitrogens with one attached hydrogen (secondary N) is 2. The van der Waals surface area contributed by atoms with Crippen LogP contribution in [0.1, 0.15) is 25.5 Å². The lowest BCUT2D eigenvalue weighted by molar-refractivity contribution is 0.883. The molecule has 2 N–H and O–H groups in total. The first kappa shape index (κ1) is 13.7. The molecule has 100 valence electrons. The molecule has 1 heterocycles. The lowest BCUT2D eigenvalue weighted by Crippen LogP contribution is -2.08. The summed E-state index contributed by atoms with van der Waals surface area (Å²) < 4.78 is 0. The highest BCUT2D eigenvalue weighted by molar-refractivity contribution is 6.31. The molecule has 1 aromatic carbocycles. The van der Waals surface area contributed by atoms with E-state index in [1.807, 2.05) is 42.7 Å². The summed E-state index contributed by atoms with van der Waals surface area (Å²) in [6.45, 7) is 5.03. The Kier molecular flexibility index (Phi) is 4.63. The van der Waals surface area contributed by atoms with Crippen LogP contribution in [0.25, 0.3) is 0 Å². The number of hydrogen-bond donors (Lipinski definition) is 2. The second kappa shape index (κ2) is 6.43. The van der Waals surface area contributed by atoms with E-state index in [0.29, 0.717) is 0 Å². The maximum Gasteiger partial charge on any atom is 0.0552 e. The van der Waals surface area contributed by atoms with Crippen molar-refractivity contribution >= 4 is 23.0 Å². The number of anilines is 2. The van der Waals surface area contributed by atoms with Crippen molar-refractivity contribution in [2.24, 2.45) is 0 Å². The molecular weight excluding hydrogens is 258 g/mol. The highest BCUT2D eigenvalue weighted by Gasteiger charge is 2.09. The Morgan fingerprint density at radius 2 is 1.95 bits per heavy atom. The second-order valence-electron chi connectivity index (χ2n) is 4.38. The fourth-order valence-corrected chi connectivity index (χ4v) is 2.27. The quantitative estimate of drug-likeness (QED) is 0.852. The first-order valence-corrected chi connectivity index (χ1v) is 6.78. The van der Waals surface area contributed by atoms with E-state index in [9.17, 15) is 0 Å². The third kappa shape index (κ3) is 3.61. The molecular formula is C15H18ClN3. The highest BCUT2D eigenvalue weighted by Crippen LogP contribution is 2.26. The number of aromatic nitrogens is 1. The van der Waals surface area contributed by atoms with Crippen LogP contribution in [0.4, 0.5) is 11.4 Å². The third-order valence-electron chi connectivity index (χ3n) is 2.87. The average molecular weight is 276 g/mol. The second-order valence-corrected chi connectivity index (χ2v) is 4.79. The van der Waals surface area contributed by atoms with E-state index in [2.05, 4.69) is 29.5 Å². The van der Waals surface area contributed by atoms with Gasteiger partial charge in [-0.2, -0.15) is 0 Å². The summed E-state index contributed by atoms with van der Waals surface area (Å²) in [5, 5.41) is 7.43. The van der Waals surface area contributed by atoms with E-state index in [4.69, 9.17) is 11.6 Å². The number of benzene rings is 1. The van der Waals surface area contributed by atoms with Crippen LogP contribution in [0.3, 0.4) is 0 Å². The van der Waals surface area contributed by atoms with Gasteiger partial charge in [0, 0.05) is 11.6 Å². The topological polar surface area (TPSA) is 37.0 Å². The number of hydrogen-bond acceptors (Lipinski definition) is 3. The van der Waals surface area contributed by atoms with Gasteiger partial charge in [0.25, 0.3) is 0 Å². The number of halogens is 1. The number of nitrogens with zero attached hydrogens (tertiary/aromatic N) is 1. The van der Waals surface area contributed by atoms with Crippen molar-refractivity contribution < 1.29 is 0 Å². The van der Waals surface area contributed by atoms with Crippen molar-refractivity contribution in [1.29, 1.82) is 0 Å². The molecule has 19 heavy (non-hydrogen) atoms. The Balaban J connectivity index is 2.12. The summed E-state index contributed by atoms with van der Waals surface area (Å²) in [4.78, 5) is 4.21. The molecule has 1 atom stereocenters. The van der Waals surface area contributed by atoms with Crippen LogP contribution in [0.5, 0.6) is 0 Å². The fourth-order valence-electron chi connectivity index (χ4n) is 1.97. The van der Waals surface area contributed by atoms with Crippen LogP contribution in [-0.4, -0.2) is 11.5 Å². The van der Waals surface area contributed by atoms with Crippen molar-refractivity contribution in [3.05, 3.63) is 53.3 Å². The van der Waals surface area contributed by atoms with E-state index in [1.165, 1.54) is 0 Å². The van der Waals surface area contributed by atoms with Crippen LogP contribution in [0.2, 0.25) is 5.02 Å². The smallest absolute Gasteiger partial charge is 0.0552 e. The zero-order chi connectivity index (χ0) is 13.7. The molecule has 4 heteroatoms. The van der Waals surface area contributed by atoms with Crippen molar-refractivity contribution in [1.82, 2.24) is 4.98 Å². The molecule has 0 saturated carbocycles. The standard InChI is InChI=1S/C15H18ClN3/c1-3-18-12-8-13(10-17-9-12)19-11(2)14-6-4-5-7-15(14)16/h4-11,18-19H,3H2,1-2H3. The monoisotopic (exact) mass is 275 g/mol. The third-order valence-corrected chi connectivity index (χ3v) is 3.22. The zero-order valence-corrected chi connectivity index (χ0v) is 11.9. The van der Waals surface area contributed by atoms with Gasteiger partial charge in [0.05, 0.1) is 29.8 Å². The molecule has 2 rings (SSSR count). The van der Waals surface area contributed by atoms with Crippen molar-refractivity contribution in [2.75, 3.05) is 17.2 Å². The summed E-state index contributed by atoms with van der Waals surface area (Å²) >= 11 is 6.20. The molecule has 1 unspecified atom stereocenters. The summed E-state index contributed by atoms with van der Waals surface area (Å²) in [6, 6.07) is 10.0. The van der Waals surface area contributed by atoms with Gasteiger partial charge in [-0.1, -0.05) is 29.8 Å². The van der Waals surface area contributed by atoms with Crippen molar-refractivity contribution in [3.63, 3.8) is 0 Å². The lowest BCUT2D eigenvalue weighted by Gasteiger charge is -2.17. The maximum absolute atomic E-state index is 6.20. The molecule has 2 aromatic rings. The number of rotatable bonds is 5. The Morgan fingerprint density at radius 1 is 1.21 bits per heavy atom. The molecule has 0 aliphatic carbocycles. The van der Waals surface area contributed by atoms with Crippen LogP contribution in [-0.2, 0) is 0 Å². The van der Waals surface area contributed by atoms with Gasteiger partial charge in [0.15, 0.2) is 0 Å². The van der Waals surface area contributed by atoms with Crippen molar-refractivity contribution in [2.45, 2.75) is 19.9 Å². The molecule has 0 aliphatic heterocycles. The van der Waals surface area contributed by atoms with E-state index in [-0.39, 0.29) is 6.04 Å². The maximum atomic E-state index is 6.20. The first-order valence-electron chi connectivity index (χ1n) is 6.40. The Morgan fingerprint density at radius 3 is 2.68 bits per heavy atom. The Hall–Kier alpha value is -1.74. The zero-order valence-electron chi connectivity index (χ0n) is 11.2. The SMILES string of the molecule is CCNc1cncc(NC(C)c2ccccc2Cl)c1. The molecule has 0 fully saturated rings. The van der Waals surface area contributed by atoms with Gasteiger partial charge < -0.3 is 10.6 Å². The first-order chi connectivity index (χ1) is 9.20. The predicted molar refractivity (Wildman–Crippen MR) is 81.9 cm³/mol. The van der Waals surface area contributed by atoms with Crippen LogP contribution >= 0.6 is 11.6 Å². The summed E-state index contributed by atoms with van der Waals surface area (Å²) in [6.07, 6.45) is 3.63. The normalized spacial score (nSPS) is 11.9. The predicted octanol–water partition coefficient (Wildman–Crippen LogP) is 4.34. The van der Waals surface area contributed by atoms with E-state index in [1.54, 1.807) is 0 Å². The molecule has 0 spiro atoms. The van der Waals surface area contributed by atoms with Gasteiger partial charge in [-0.05, 0) is 31.5 Å². The van der Waals surface area contributed by atoms with Gasteiger partial charge in [-0.15, -0.1) is 0 Å². The van der Waals surface area contributed by atoms with Crippen LogP contribution in [0.15, 0.2) is 42.7 Å². The summed E-state index contributed by atoms with van der Waals surface area (Å²) in [7, 11) is 0. The van der Waals surface area contributed by atoms with E-state index in [0.717, 1.165) is 28.5 Å². The van der Waals surface area contributed by atoms with Gasteiger partial charge in [-0.3, -0.25) is 4.98 Å². The van der Waals surface area contributed by atoms with Gasteiger partial charge in [-0.25, -0.2) is 0 Å². The minimum atomic E-state index is 0.132. The van der Waals surface area contributed by atoms with Crippen LogP contribution in [0, 0.1) is 0 Å². The molecule has 1 aromatic heterocycles.